The normalized spacial score (nSPS) is 17.5. The number of aromatic nitrogens is 1. The number of methoxy groups -OCH3 is 1. The Bertz CT molecular complexity index is 1150. The van der Waals surface area contributed by atoms with Gasteiger partial charge < -0.3 is 15.0 Å². The summed E-state index contributed by atoms with van der Waals surface area (Å²) in [6.07, 6.45) is 1.82. The number of fused-ring (bicyclic) bond motifs is 1. The minimum Gasteiger partial charge on any atom is -0.466 e. The van der Waals surface area contributed by atoms with Crippen molar-refractivity contribution >= 4 is 40.4 Å². The van der Waals surface area contributed by atoms with Crippen LogP contribution in [-0.4, -0.2) is 34.0 Å². The second kappa shape index (κ2) is 9.58. The quantitative estimate of drug-likeness (QED) is 0.640. The Balaban J connectivity index is 1.61. The Hall–Kier alpha value is -3.10. The molecule has 1 atom stereocenters. The highest BCUT2D eigenvalue weighted by Crippen LogP contribution is 2.45. The molecule has 0 bridgehead atoms. The van der Waals surface area contributed by atoms with Crippen molar-refractivity contribution in [2.45, 2.75) is 25.9 Å². The van der Waals surface area contributed by atoms with E-state index < -0.39 is 12.0 Å². The Morgan fingerprint density at radius 1 is 1.25 bits per heavy atom. The second-order valence-corrected chi connectivity index (χ2v) is 8.49. The number of thioether (sulfide) groups is 1. The van der Waals surface area contributed by atoms with E-state index in [1.165, 1.54) is 18.9 Å². The van der Waals surface area contributed by atoms with Crippen LogP contribution in [0.2, 0.25) is 5.02 Å². The molecule has 1 unspecified atom stereocenters. The number of hydrogen-bond acceptors (Lipinski definition) is 7. The maximum atomic E-state index is 12.7. The van der Waals surface area contributed by atoms with Gasteiger partial charge in [-0.15, -0.1) is 0 Å². The minimum absolute atomic E-state index is 0.128. The van der Waals surface area contributed by atoms with Gasteiger partial charge in [-0.25, -0.2) is 9.79 Å². The van der Waals surface area contributed by atoms with Gasteiger partial charge in [0, 0.05) is 16.9 Å². The van der Waals surface area contributed by atoms with Crippen molar-refractivity contribution in [2.75, 3.05) is 7.11 Å². The number of hydrogen-bond donors (Lipinski definition) is 1. The third-order valence-electron chi connectivity index (χ3n) is 5.10. The van der Waals surface area contributed by atoms with E-state index in [9.17, 15) is 9.59 Å². The standard InChI is InChI=1S/C23H21ClN4O3S/c1-14-20(22(30)31-2)21(15-6-5-7-16(24)10-15)28-18(13-32-23(28)27-14)11-19(29)26-12-17-8-3-4-9-25-17/h3-10,13,21H,11-12H2,1-2H3,(H,26,29). The first kappa shape index (κ1) is 22.1. The molecule has 2 aromatic rings. The molecule has 3 heterocycles. The van der Waals surface area contributed by atoms with Gasteiger partial charge in [0.15, 0.2) is 5.17 Å². The van der Waals surface area contributed by atoms with E-state index in [0.29, 0.717) is 28.0 Å². The molecule has 7 nitrogen and oxygen atoms in total. The number of amides is 1. The number of ether oxygens (including phenoxy) is 1. The maximum absolute atomic E-state index is 12.7. The molecule has 4 rings (SSSR count). The first-order valence-electron chi connectivity index (χ1n) is 9.92. The van der Waals surface area contributed by atoms with Gasteiger partial charge in [-0.3, -0.25) is 9.78 Å². The van der Waals surface area contributed by atoms with Crippen molar-refractivity contribution in [1.82, 2.24) is 15.2 Å². The fourth-order valence-electron chi connectivity index (χ4n) is 3.65. The molecular weight excluding hydrogens is 448 g/mol. The topological polar surface area (TPSA) is 83.9 Å². The zero-order valence-corrected chi connectivity index (χ0v) is 19.1. The molecule has 0 spiro atoms. The average molecular weight is 469 g/mol. The summed E-state index contributed by atoms with van der Waals surface area (Å²) in [5.74, 6) is -0.620. The van der Waals surface area contributed by atoms with Crippen molar-refractivity contribution in [3.63, 3.8) is 0 Å². The fraction of sp³-hybridized carbons (Fsp3) is 0.217. The summed E-state index contributed by atoms with van der Waals surface area (Å²) < 4.78 is 5.06. The molecule has 32 heavy (non-hydrogen) atoms. The Morgan fingerprint density at radius 3 is 2.81 bits per heavy atom. The number of carbonyl (C=O) groups excluding carboxylic acids is 2. The van der Waals surface area contributed by atoms with Crippen LogP contribution in [0.4, 0.5) is 0 Å². The highest BCUT2D eigenvalue weighted by Gasteiger charge is 2.41. The van der Waals surface area contributed by atoms with Crippen LogP contribution in [-0.2, 0) is 20.9 Å². The Morgan fingerprint density at radius 2 is 2.09 bits per heavy atom. The Kier molecular flexibility index (Phi) is 6.62. The number of allylic oxidation sites excluding steroid dienone is 1. The molecule has 2 aliphatic rings. The number of nitrogens with one attached hydrogen (secondary N) is 1. The third kappa shape index (κ3) is 4.56. The fourth-order valence-corrected chi connectivity index (χ4v) is 4.81. The van der Waals surface area contributed by atoms with Crippen LogP contribution in [0.1, 0.15) is 30.6 Å². The molecule has 1 N–H and O–H groups in total. The van der Waals surface area contributed by atoms with Crippen LogP contribution in [0.3, 0.4) is 0 Å². The smallest absolute Gasteiger partial charge is 0.338 e. The van der Waals surface area contributed by atoms with Crippen LogP contribution in [0.15, 0.2) is 76.0 Å². The average Bonchev–Trinajstić information content (AvgIpc) is 3.18. The van der Waals surface area contributed by atoms with E-state index in [2.05, 4.69) is 15.3 Å². The predicted molar refractivity (Wildman–Crippen MR) is 125 cm³/mol. The van der Waals surface area contributed by atoms with Crippen LogP contribution >= 0.6 is 23.4 Å². The van der Waals surface area contributed by atoms with Crippen LogP contribution < -0.4 is 5.32 Å². The van der Waals surface area contributed by atoms with Gasteiger partial charge in [-0.1, -0.05) is 41.6 Å². The summed E-state index contributed by atoms with van der Waals surface area (Å²) in [5, 5.41) is 6.05. The number of pyridine rings is 1. The summed E-state index contributed by atoms with van der Waals surface area (Å²) in [5.41, 5.74) is 3.33. The highest BCUT2D eigenvalue weighted by molar-refractivity contribution is 8.16. The van der Waals surface area contributed by atoms with Crippen molar-refractivity contribution in [3.8, 4) is 0 Å². The van der Waals surface area contributed by atoms with E-state index in [1.807, 2.05) is 46.7 Å². The van der Waals surface area contributed by atoms with Crippen LogP contribution in [0, 0.1) is 0 Å². The summed E-state index contributed by atoms with van der Waals surface area (Å²) in [7, 11) is 1.34. The lowest BCUT2D eigenvalue weighted by molar-refractivity contribution is -0.136. The zero-order valence-electron chi connectivity index (χ0n) is 17.5. The number of benzene rings is 1. The molecular formula is C23H21ClN4O3S. The monoisotopic (exact) mass is 468 g/mol. The highest BCUT2D eigenvalue weighted by atomic mass is 35.5. The van der Waals surface area contributed by atoms with Crippen molar-refractivity contribution in [3.05, 3.63) is 87.3 Å². The van der Waals surface area contributed by atoms with E-state index in [-0.39, 0.29) is 12.3 Å². The number of rotatable bonds is 6. The molecule has 0 fully saturated rings. The Labute approximate surface area is 195 Å². The number of halogens is 1. The number of aliphatic imine (C=N–C) groups is 1. The lowest BCUT2D eigenvalue weighted by atomic mass is 9.94. The van der Waals surface area contributed by atoms with E-state index >= 15 is 0 Å². The number of nitrogens with zero attached hydrogens (tertiary/aromatic N) is 3. The SMILES string of the molecule is COC(=O)C1=C(C)N=C2SC=C(CC(=O)NCc3ccccn3)N2C1c1cccc(Cl)c1. The molecule has 1 aromatic heterocycles. The van der Waals surface area contributed by atoms with Gasteiger partial charge >= 0.3 is 5.97 Å². The van der Waals surface area contributed by atoms with Gasteiger partial charge in [0.2, 0.25) is 5.91 Å². The van der Waals surface area contributed by atoms with E-state index in [0.717, 1.165) is 17.0 Å². The molecule has 2 aliphatic heterocycles. The lowest BCUT2D eigenvalue weighted by Gasteiger charge is -2.36. The number of esters is 1. The van der Waals surface area contributed by atoms with Crippen molar-refractivity contribution < 1.29 is 14.3 Å². The number of carbonyl (C=O) groups is 2. The summed E-state index contributed by atoms with van der Waals surface area (Å²) in [6.45, 7) is 2.12. The molecule has 0 aliphatic carbocycles. The molecule has 0 saturated carbocycles. The molecule has 0 radical (unpaired) electrons. The van der Waals surface area contributed by atoms with Gasteiger partial charge in [0.25, 0.3) is 0 Å². The lowest BCUT2D eigenvalue weighted by Crippen LogP contribution is -2.37. The van der Waals surface area contributed by atoms with E-state index in [1.54, 1.807) is 19.2 Å². The van der Waals surface area contributed by atoms with Crippen molar-refractivity contribution in [1.29, 1.82) is 0 Å². The largest absolute Gasteiger partial charge is 0.466 e. The zero-order chi connectivity index (χ0) is 22.7. The number of amidine groups is 1. The van der Waals surface area contributed by atoms with Gasteiger partial charge in [0.1, 0.15) is 0 Å². The minimum atomic E-state index is -0.501. The molecule has 164 valence electrons. The summed E-state index contributed by atoms with van der Waals surface area (Å²) in [6, 6.07) is 12.4. The molecule has 1 aromatic carbocycles. The van der Waals surface area contributed by atoms with Gasteiger partial charge in [0.05, 0.1) is 43.1 Å². The molecule has 0 saturated heterocycles. The van der Waals surface area contributed by atoms with Gasteiger partial charge in [-0.2, -0.15) is 0 Å². The predicted octanol–water partition coefficient (Wildman–Crippen LogP) is 4.19. The van der Waals surface area contributed by atoms with Gasteiger partial charge in [-0.05, 0) is 42.2 Å². The van der Waals surface area contributed by atoms with Crippen molar-refractivity contribution in [2.24, 2.45) is 4.99 Å². The summed E-state index contributed by atoms with van der Waals surface area (Å²) in [4.78, 5) is 36.1. The first-order chi connectivity index (χ1) is 15.5. The molecule has 1 amide bonds. The van der Waals surface area contributed by atoms with Crippen LogP contribution in [0.25, 0.3) is 0 Å². The first-order valence-corrected chi connectivity index (χ1v) is 11.2. The second-order valence-electron chi connectivity index (χ2n) is 7.21. The molecule has 9 heteroatoms. The maximum Gasteiger partial charge on any atom is 0.338 e. The summed E-state index contributed by atoms with van der Waals surface area (Å²) >= 11 is 7.67. The van der Waals surface area contributed by atoms with Crippen LogP contribution in [0.5, 0.6) is 0 Å². The van der Waals surface area contributed by atoms with E-state index in [4.69, 9.17) is 16.3 Å². The third-order valence-corrected chi connectivity index (χ3v) is 6.23.